The van der Waals surface area contributed by atoms with Crippen molar-refractivity contribution < 1.29 is 26.4 Å². The molecule has 0 bridgehead atoms. The van der Waals surface area contributed by atoms with E-state index in [2.05, 4.69) is 0 Å². The van der Waals surface area contributed by atoms with Gasteiger partial charge in [0.25, 0.3) is 10.0 Å². The molecule has 5 nitrogen and oxygen atoms in total. The second kappa shape index (κ2) is 6.80. The highest BCUT2D eigenvalue weighted by Gasteiger charge is 2.53. The van der Waals surface area contributed by atoms with Crippen molar-refractivity contribution in [3.05, 3.63) is 54.1 Å². The number of benzene rings is 2. The van der Waals surface area contributed by atoms with E-state index in [-0.39, 0.29) is 16.3 Å². The molecular weight excluding hydrogens is 393 g/mol. The molecule has 150 valence electrons. The smallest absolute Gasteiger partial charge is 0.280 e. The van der Waals surface area contributed by atoms with Gasteiger partial charge in [-0.15, -0.1) is 0 Å². The maximum absolute atomic E-state index is 13.3. The minimum atomic E-state index is -5.14. The van der Waals surface area contributed by atoms with Crippen LogP contribution in [0.1, 0.15) is 19.4 Å². The van der Waals surface area contributed by atoms with E-state index in [9.17, 15) is 26.4 Å². The van der Waals surface area contributed by atoms with Gasteiger partial charge in [-0.25, -0.2) is 12.7 Å². The number of alkyl halides is 3. The first-order valence-corrected chi connectivity index (χ1v) is 10.0. The first kappa shape index (κ1) is 20.2. The van der Waals surface area contributed by atoms with Gasteiger partial charge in [0.2, 0.25) is 0 Å². The molecule has 1 aliphatic heterocycles. The highest BCUT2D eigenvalue weighted by molar-refractivity contribution is 7.93. The molecule has 0 unspecified atom stereocenters. The number of sulfonamides is 1. The summed E-state index contributed by atoms with van der Waals surface area (Å²) in [6.45, 7) is 4.94. The molecule has 0 saturated heterocycles. The minimum Gasteiger partial charge on any atom is -0.280 e. The third-order valence-corrected chi connectivity index (χ3v) is 6.32. The Morgan fingerprint density at radius 3 is 2.04 bits per heavy atom. The number of nitrogens with zero attached hydrogens (tertiary/aromatic N) is 2. The van der Waals surface area contributed by atoms with Gasteiger partial charge < -0.3 is 0 Å². The van der Waals surface area contributed by atoms with E-state index < -0.39 is 34.2 Å². The molecule has 3 rings (SSSR count). The lowest BCUT2D eigenvalue weighted by molar-refractivity contribution is -0.171. The van der Waals surface area contributed by atoms with Crippen LogP contribution in [-0.4, -0.2) is 26.7 Å². The van der Waals surface area contributed by atoms with Crippen molar-refractivity contribution in [2.45, 2.75) is 38.0 Å². The van der Waals surface area contributed by atoms with Crippen molar-refractivity contribution in [1.82, 2.24) is 0 Å². The van der Waals surface area contributed by atoms with Crippen molar-refractivity contribution >= 4 is 27.3 Å². The Hall–Kier alpha value is -2.55. The van der Waals surface area contributed by atoms with E-state index in [1.807, 2.05) is 0 Å². The van der Waals surface area contributed by atoms with Gasteiger partial charge in [-0.3, -0.25) is 9.69 Å². The number of amides is 1. The normalized spacial score (nSPS) is 17.2. The summed E-state index contributed by atoms with van der Waals surface area (Å²) >= 11 is 0. The lowest BCUT2D eigenvalue weighted by atomic mass is 10.1. The van der Waals surface area contributed by atoms with E-state index in [1.165, 1.54) is 36.4 Å². The number of fused-ring (bicyclic) bond motifs is 1. The van der Waals surface area contributed by atoms with Crippen molar-refractivity contribution in [3.63, 3.8) is 0 Å². The summed E-state index contributed by atoms with van der Waals surface area (Å²) in [6.07, 6.45) is -6.47. The van der Waals surface area contributed by atoms with Gasteiger partial charge in [-0.2, -0.15) is 13.2 Å². The largest absolute Gasteiger partial charge is 0.471 e. The van der Waals surface area contributed by atoms with Crippen LogP contribution in [0.5, 0.6) is 0 Å². The third kappa shape index (κ3) is 3.23. The number of hydrogen-bond donors (Lipinski definition) is 0. The quantitative estimate of drug-likeness (QED) is 0.763. The molecule has 1 atom stereocenters. The molecule has 9 heteroatoms. The molecule has 0 spiro atoms. The molecule has 28 heavy (non-hydrogen) atoms. The summed E-state index contributed by atoms with van der Waals surface area (Å²) < 4.78 is 67.4. The summed E-state index contributed by atoms with van der Waals surface area (Å²) in [7, 11) is -4.20. The molecule has 1 heterocycles. The Morgan fingerprint density at radius 2 is 1.54 bits per heavy atom. The Kier molecular flexibility index (Phi) is 4.91. The zero-order valence-corrected chi connectivity index (χ0v) is 16.3. The second-order valence-corrected chi connectivity index (χ2v) is 8.75. The second-order valence-electron chi connectivity index (χ2n) is 6.93. The van der Waals surface area contributed by atoms with E-state index in [4.69, 9.17) is 0 Å². The summed E-state index contributed by atoms with van der Waals surface area (Å²) in [4.78, 5) is 12.7. The van der Waals surface area contributed by atoms with Crippen LogP contribution in [0.4, 0.5) is 24.5 Å². The van der Waals surface area contributed by atoms with Crippen molar-refractivity contribution in [2.75, 3.05) is 9.21 Å². The Bertz CT molecular complexity index is 1000. The first-order chi connectivity index (χ1) is 13.0. The minimum absolute atomic E-state index is 0.0411. The number of carbonyl (C=O) groups excluding carboxylic acids is 1. The monoisotopic (exact) mass is 412 g/mol. The average molecular weight is 412 g/mol. The molecule has 0 N–H and O–H groups in total. The fourth-order valence-corrected chi connectivity index (χ4v) is 5.02. The number of anilines is 2. The van der Waals surface area contributed by atoms with Gasteiger partial charge >= 0.3 is 12.1 Å². The van der Waals surface area contributed by atoms with Crippen molar-refractivity contribution in [2.24, 2.45) is 5.92 Å². The molecular formula is C19H19F3N2O3S. The van der Waals surface area contributed by atoms with Crippen LogP contribution in [0.3, 0.4) is 0 Å². The summed E-state index contributed by atoms with van der Waals surface area (Å²) in [5.74, 6) is -2.70. The van der Waals surface area contributed by atoms with Crippen LogP contribution in [0.15, 0.2) is 53.4 Å². The highest BCUT2D eigenvalue weighted by Crippen LogP contribution is 2.46. The number of hydrogen-bond acceptors (Lipinski definition) is 3. The topological polar surface area (TPSA) is 57.7 Å². The SMILES string of the molecule is Cc1ccc(S(=O)(=O)N2c3ccccc3N(C(=O)C(F)(F)F)[C@@H]2C(C)C)cc1. The average Bonchev–Trinajstić information content (AvgIpc) is 2.96. The fourth-order valence-electron chi connectivity index (χ4n) is 3.27. The Balaban J connectivity index is 2.23. The van der Waals surface area contributed by atoms with Gasteiger partial charge in [-0.1, -0.05) is 43.7 Å². The lowest BCUT2D eigenvalue weighted by Gasteiger charge is -2.34. The maximum atomic E-state index is 13.3. The number of halogens is 3. The summed E-state index contributed by atoms with van der Waals surface area (Å²) in [5, 5.41) is 0. The van der Waals surface area contributed by atoms with E-state index in [0.29, 0.717) is 4.90 Å². The van der Waals surface area contributed by atoms with E-state index in [0.717, 1.165) is 9.87 Å². The van der Waals surface area contributed by atoms with E-state index in [1.54, 1.807) is 32.9 Å². The van der Waals surface area contributed by atoms with Crippen LogP contribution >= 0.6 is 0 Å². The Labute approximate surface area is 161 Å². The van der Waals surface area contributed by atoms with Crippen molar-refractivity contribution in [1.29, 1.82) is 0 Å². The molecule has 2 aromatic carbocycles. The van der Waals surface area contributed by atoms with Gasteiger partial charge in [-0.05, 0) is 37.1 Å². The van der Waals surface area contributed by atoms with Crippen LogP contribution in [-0.2, 0) is 14.8 Å². The van der Waals surface area contributed by atoms with Gasteiger partial charge in [0.05, 0.1) is 16.3 Å². The first-order valence-electron chi connectivity index (χ1n) is 8.57. The molecule has 0 fully saturated rings. The predicted octanol–water partition coefficient (Wildman–Crippen LogP) is 4.08. The Morgan fingerprint density at radius 1 is 1.00 bits per heavy atom. The van der Waals surface area contributed by atoms with Crippen LogP contribution in [0.25, 0.3) is 0 Å². The van der Waals surface area contributed by atoms with Gasteiger partial charge in [0.15, 0.2) is 0 Å². The summed E-state index contributed by atoms with van der Waals surface area (Å²) in [5.41, 5.74) is 0.800. The predicted molar refractivity (Wildman–Crippen MR) is 99.5 cm³/mol. The van der Waals surface area contributed by atoms with Gasteiger partial charge in [0, 0.05) is 0 Å². The molecule has 2 aromatic rings. The number of aryl methyl sites for hydroxylation is 1. The molecule has 1 amide bonds. The molecule has 0 aromatic heterocycles. The molecule has 0 aliphatic carbocycles. The number of carbonyl (C=O) groups is 1. The maximum Gasteiger partial charge on any atom is 0.471 e. The molecule has 0 saturated carbocycles. The highest BCUT2D eigenvalue weighted by atomic mass is 32.2. The number of para-hydroxylation sites is 2. The molecule has 0 radical (unpaired) electrons. The zero-order valence-electron chi connectivity index (χ0n) is 15.4. The van der Waals surface area contributed by atoms with E-state index >= 15 is 0 Å². The molecule has 1 aliphatic rings. The van der Waals surface area contributed by atoms with Crippen LogP contribution in [0, 0.1) is 12.8 Å². The van der Waals surface area contributed by atoms with Crippen molar-refractivity contribution in [3.8, 4) is 0 Å². The standard InChI is InChI=1S/C19H19F3N2O3S/c1-12(2)17-23(18(25)19(20,21)22)15-6-4-5-7-16(15)24(17)28(26,27)14-10-8-13(3)9-11-14/h4-12,17H,1-3H3/t17-/m0/s1. The number of rotatable bonds is 3. The zero-order chi connectivity index (χ0) is 20.9. The van der Waals surface area contributed by atoms with Crippen LogP contribution < -0.4 is 9.21 Å². The lowest BCUT2D eigenvalue weighted by Crippen LogP contribution is -2.54. The van der Waals surface area contributed by atoms with Gasteiger partial charge in [0.1, 0.15) is 6.17 Å². The fraction of sp³-hybridized carbons (Fsp3) is 0.316. The van der Waals surface area contributed by atoms with Crippen LogP contribution in [0.2, 0.25) is 0 Å². The summed E-state index contributed by atoms with van der Waals surface area (Å²) in [6, 6.07) is 11.7. The third-order valence-electron chi connectivity index (χ3n) is 4.52.